The SMILES string of the molecule is CCOc1ccc(CN[C@@H](c2ccc(Br)cc2)c2nnc(-c3ccccc3)o2)cc1OC. The lowest BCUT2D eigenvalue weighted by molar-refractivity contribution is 0.310. The lowest BCUT2D eigenvalue weighted by Crippen LogP contribution is -2.22. The van der Waals surface area contributed by atoms with Crippen molar-refractivity contribution in [2.45, 2.75) is 19.5 Å². The first-order valence-electron chi connectivity index (χ1n) is 10.3. The number of rotatable bonds is 9. The quantitative estimate of drug-likeness (QED) is 0.318. The Hall–Kier alpha value is -3.16. The maximum Gasteiger partial charge on any atom is 0.247 e. The van der Waals surface area contributed by atoms with Crippen LogP contribution in [0.25, 0.3) is 11.5 Å². The molecule has 1 N–H and O–H groups in total. The molecular weight excluding hydrogens is 470 g/mol. The van der Waals surface area contributed by atoms with Gasteiger partial charge in [0.05, 0.1) is 13.7 Å². The summed E-state index contributed by atoms with van der Waals surface area (Å²) in [5.41, 5.74) is 2.96. The van der Waals surface area contributed by atoms with Crippen LogP contribution in [0.2, 0.25) is 0 Å². The summed E-state index contributed by atoms with van der Waals surface area (Å²) in [5.74, 6) is 2.43. The van der Waals surface area contributed by atoms with Gasteiger partial charge in [-0.15, -0.1) is 10.2 Å². The van der Waals surface area contributed by atoms with Gasteiger partial charge in [0.15, 0.2) is 11.5 Å². The Bertz CT molecular complexity index is 1150. The second-order valence-corrected chi connectivity index (χ2v) is 8.01. The summed E-state index contributed by atoms with van der Waals surface area (Å²) < 4.78 is 18.2. The van der Waals surface area contributed by atoms with E-state index < -0.39 is 0 Å². The Morgan fingerprint density at radius 2 is 1.75 bits per heavy atom. The number of benzene rings is 3. The third kappa shape index (κ3) is 5.18. The minimum Gasteiger partial charge on any atom is -0.493 e. The van der Waals surface area contributed by atoms with E-state index in [9.17, 15) is 0 Å². The van der Waals surface area contributed by atoms with Gasteiger partial charge < -0.3 is 13.9 Å². The van der Waals surface area contributed by atoms with Crippen LogP contribution in [-0.4, -0.2) is 23.9 Å². The Kier molecular flexibility index (Phi) is 7.19. The Balaban J connectivity index is 1.60. The van der Waals surface area contributed by atoms with Crippen molar-refractivity contribution in [2.75, 3.05) is 13.7 Å². The van der Waals surface area contributed by atoms with E-state index >= 15 is 0 Å². The lowest BCUT2D eigenvalue weighted by atomic mass is 10.1. The standard InChI is InChI=1S/C25H24BrN3O3/c1-3-31-21-14-9-17(15-22(21)30-2)16-27-23(18-10-12-20(26)13-11-18)25-29-28-24(32-25)19-7-5-4-6-8-19/h4-15,23,27H,3,16H2,1-2H3/t23-/m0/s1. The van der Waals surface area contributed by atoms with Crippen LogP contribution in [0, 0.1) is 0 Å². The van der Waals surface area contributed by atoms with E-state index in [1.165, 1.54) is 0 Å². The molecule has 0 aliphatic rings. The first-order chi connectivity index (χ1) is 15.7. The first kappa shape index (κ1) is 22.0. The monoisotopic (exact) mass is 493 g/mol. The zero-order valence-corrected chi connectivity index (χ0v) is 19.5. The van der Waals surface area contributed by atoms with Gasteiger partial charge in [-0.25, -0.2) is 0 Å². The van der Waals surface area contributed by atoms with Crippen LogP contribution < -0.4 is 14.8 Å². The van der Waals surface area contributed by atoms with Crippen LogP contribution in [-0.2, 0) is 6.54 Å². The first-order valence-corrected chi connectivity index (χ1v) is 11.1. The normalized spacial score (nSPS) is 11.8. The molecule has 4 aromatic rings. The van der Waals surface area contributed by atoms with E-state index in [2.05, 4.69) is 31.4 Å². The van der Waals surface area contributed by atoms with Gasteiger partial charge in [0, 0.05) is 16.6 Å². The molecule has 0 aliphatic heterocycles. The molecule has 1 atom stereocenters. The van der Waals surface area contributed by atoms with Gasteiger partial charge in [-0.2, -0.15) is 0 Å². The summed E-state index contributed by atoms with van der Waals surface area (Å²) in [7, 11) is 1.64. The molecular formula is C25H24BrN3O3. The number of halogens is 1. The largest absolute Gasteiger partial charge is 0.493 e. The molecule has 0 saturated carbocycles. The second-order valence-electron chi connectivity index (χ2n) is 7.10. The van der Waals surface area contributed by atoms with Crippen molar-refractivity contribution in [1.82, 2.24) is 15.5 Å². The van der Waals surface area contributed by atoms with Gasteiger partial charge in [0.2, 0.25) is 11.8 Å². The summed E-state index contributed by atoms with van der Waals surface area (Å²) in [6, 6.07) is 23.5. The highest BCUT2D eigenvalue weighted by Crippen LogP contribution is 2.30. The van der Waals surface area contributed by atoms with Crippen molar-refractivity contribution in [3.63, 3.8) is 0 Å². The summed E-state index contributed by atoms with van der Waals surface area (Å²) in [5, 5.41) is 12.2. The summed E-state index contributed by atoms with van der Waals surface area (Å²) in [6.45, 7) is 3.11. The molecule has 0 fully saturated rings. The molecule has 6 nitrogen and oxygen atoms in total. The van der Waals surface area contributed by atoms with Crippen LogP contribution in [0.5, 0.6) is 11.5 Å². The fourth-order valence-corrected chi connectivity index (χ4v) is 3.63. The summed E-state index contributed by atoms with van der Waals surface area (Å²) >= 11 is 3.50. The third-order valence-electron chi connectivity index (χ3n) is 4.95. The number of aromatic nitrogens is 2. The van der Waals surface area contributed by atoms with Crippen LogP contribution in [0.3, 0.4) is 0 Å². The van der Waals surface area contributed by atoms with Gasteiger partial charge in [-0.3, -0.25) is 5.32 Å². The maximum absolute atomic E-state index is 6.06. The molecule has 3 aromatic carbocycles. The molecule has 32 heavy (non-hydrogen) atoms. The van der Waals surface area contributed by atoms with Gasteiger partial charge in [0.25, 0.3) is 0 Å². The second kappa shape index (κ2) is 10.4. The smallest absolute Gasteiger partial charge is 0.247 e. The van der Waals surface area contributed by atoms with E-state index in [0.717, 1.165) is 26.9 Å². The minimum atomic E-state index is -0.273. The zero-order chi connectivity index (χ0) is 22.3. The number of ether oxygens (including phenoxy) is 2. The fraction of sp³-hybridized carbons (Fsp3) is 0.200. The molecule has 0 radical (unpaired) electrons. The Morgan fingerprint density at radius 1 is 0.969 bits per heavy atom. The van der Waals surface area contributed by atoms with Crippen molar-refractivity contribution in [2.24, 2.45) is 0 Å². The predicted molar refractivity (Wildman–Crippen MR) is 127 cm³/mol. The topological polar surface area (TPSA) is 69.4 Å². The van der Waals surface area contributed by atoms with Crippen molar-refractivity contribution in [3.05, 3.63) is 94.3 Å². The number of nitrogens with one attached hydrogen (secondary N) is 1. The zero-order valence-electron chi connectivity index (χ0n) is 17.9. The molecule has 7 heteroatoms. The van der Waals surface area contributed by atoms with E-state index in [-0.39, 0.29) is 6.04 Å². The predicted octanol–water partition coefficient (Wildman–Crippen LogP) is 5.79. The Labute approximate surface area is 195 Å². The average molecular weight is 494 g/mol. The van der Waals surface area contributed by atoms with Gasteiger partial charge in [0.1, 0.15) is 6.04 Å². The molecule has 0 aliphatic carbocycles. The molecule has 0 unspecified atom stereocenters. The Morgan fingerprint density at radius 3 is 2.47 bits per heavy atom. The highest BCUT2D eigenvalue weighted by atomic mass is 79.9. The van der Waals surface area contributed by atoms with E-state index in [1.807, 2.05) is 79.7 Å². The molecule has 164 valence electrons. The molecule has 1 heterocycles. The van der Waals surface area contributed by atoms with Crippen LogP contribution in [0.4, 0.5) is 0 Å². The van der Waals surface area contributed by atoms with Crippen molar-refractivity contribution >= 4 is 15.9 Å². The fourth-order valence-electron chi connectivity index (χ4n) is 3.37. The average Bonchev–Trinajstić information content (AvgIpc) is 3.32. The third-order valence-corrected chi connectivity index (χ3v) is 5.48. The van der Waals surface area contributed by atoms with Crippen molar-refractivity contribution in [3.8, 4) is 23.0 Å². The number of hydrogen-bond donors (Lipinski definition) is 1. The molecule has 0 amide bonds. The molecule has 1 aromatic heterocycles. The van der Waals surface area contributed by atoms with Gasteiger partial charge in [-0.05, 0) is 54.4 Å². The van der Waals surface area contributed by atoms with Crippen LogP contribution in [0.15, 0.2) is 81.7 Å². The van der Waals surface area contributed by atoms with Crippen LogP contribution in [0.1, 0.15) is 30.0 Å². The number of methoxy groups -OCH3 is 1. The van der Waals surface area contributed by atoms with E-state index in [1.54, 1.807) is 7.11 Å². The highest BCUT2D eigenvalue weighted by molar-refractivity contribution is 9.10. The number of nitrogens with zero attached hydrogens (tertiary/aromatic N) is 2. The van der Waals surface area contributed by atoms with Crippen molar-refractivity contribution in [1.29, 1.82) is 0 Å². The van der Waals surface area contributed by atoms with Gasteiger partial charge >= 0.3 is 0 Å². The lowest BCUT2D eigenvalue weighted by Gasteiger charge is -2.17. The van der Waals surface area contributed by atoms with E-state index in [0.29, 0.717) is 30.7 Å². The van der Waals surface area contributed by atoms with Crippen LogP contribution >= 0.6 is 15.9 Å². The number of hydrogen-bond acceptors (Lipinski definition) is 6. The van der Waals surface area contributed by atoms with E-state index in [4.69, 9.17) is 13.9 Å². The molecule has 4 rings (SSSR count). The molecule has 0 bridgehead atoms. The molecule has 0 spiro atoms. The highest BCUT2D eigenvalue weighted by Gasteiger charge is 2.21. The maximum atomic E-state index is 6.06. The van der Waals surface area contributed by atoms with Crippen molar-refractivity contribution < 1.29 is 13.9 Å². The van der Waals surface area contributed by atoms with Gasteiger partial charge in [-0.1, -0.05) is 52.3 Å². The minimum absolute atomic E-state index is 0.273. The molecule has 0 saturated heterocycles. The summed E-state index contributed by atoms with van der Waals surface area (Å²) in [4.78, 5) is 0. The summed E-state index contributed by atoms with van der Waals surface area (Å²) in [6.07, 6.45) is 0.